The zero-order valence-corrected chi connectivity index (χ0v) is 10.9. The molecule has 19 heavy (non-hydrogen) atoms. The molecule has 0 saturated heterocycles. The SMILES string of the molecule is Cc1ccc(CNC(=O)c2nc(C(=O)O)cs2)cn1. The van der Waals surface area contributed by atoms with Gasteiger partial charge in [0, 0.05) is 23.8 Å². The standard InChI is InChI=1S/C12H11N3O3S/c1-7-2-3-8(4-13-7)5-14-10(16)11-15-9(6-19-11)12(17)18/h2-4,6H,5H2,1H3,(H,14,16)(H,17,18). The molecule has 6 nitrogen and oxygen atoms in total. The van der Waals surface area contributed by atoms with Crippen LogP contribution in [-0.2, 0) is 6.54 Å². The maximum Gasteiger partial charge on any atom is 0.355 e. The van der Waals surface area contributed by atoms with Gasteiger partial charge in [-0.2, -0.15) is 0 Å². The lowest BCUT2D eigenvalue weighted by Gasteiger charge is -2.03. The third kappa shape index (κ3) is 3.35. The molecule has 2 heterocycles. The number of aryl methyl sites for hydroxylation is 1. The van der Waals surface area contributed by atoms with Gasteiger partial charge in [-0.3, -0.25) is 9.78 Å². The quantitative estimate of drug-likeness (QED) is 0.883. The van der Waals surface area contributed by atoms with Crippen molar-refractivity contribution in [2.24, 2.45) is 0 Å². The molecule has 0 spiro atoms. The van der Waals surface area contributed by atoms with E-state index in [4.69, 9.17) is 5.11 Å². The van der Waals surface area contributed by atoms with Gasteiger partial charge in [0.05, 0.1) is 0 Å². The van der Waals surface area contributed by atoms with E-state index in [-0.39, 0.29) is 10.7 Å². The number of thiazole rings is 1. The summed E-state index contributed by atoms with van der Waals surface area (Å²) in [6.07, 6.45) is 1.68. The van der Waals surface area contributed by atoms with Crippen LogP contribution in [-0.4, -0.2) is 27.0 Å². The number of pyridine rings is 1. The van der Waals surface area contributed by atoms with Crippen LogP contribution in [0, 0.1) is 6.92 Å². The maximum absolute atomic E-state index is 11.7. The van der Waals surface area contributed by atoms with Crippen molar-refractivity contribution in [2.75, 3.05) is 0 Å². The number of carboxylic acid groups (broad SMARTS) is 1. The van der Waals surface area contributed by atoms with E-state index in [1.807, 2.05) is 19.1 Å². The summed E-state index contributed by atoms with van der Waals surface area (Å²) in [6, 6.07) is 3.72. The van der Waals surface area contributed by atoms with E-state index in [0.29, 0.717) is 6.54 Å². The second-order valence-corrected chi connectivity index (χ2v) is 4.69. The largest absolute Gasteiger partial charge is 0.476 e. The molecule has 0 aliphatic rings. The molecule has 2 aromatic heterocycles. The molecule has 0 atom stereocenters. The van der Waals surface area contributed by atoms with E-state index in [0.717, 1.165) is 22.6 Å². The molecule has 0 fully saturated rings. The number of aromatic nitrogens is 2. The fourth-order valence-electron chi connectivity index (χ4n) is 1.34. The number of hydrogen-bond acceptors (Lipinski definition) is 5. The smallest absolute Gasteiger partial charge is 0.355 e. The van der Waals surface area contributed by atoms with Gasteiger partial charge < -0.3 is 10.4 Å². The van der Waals surface area contributed by atoms with Gasteiger partial charge >= 0.3 is 5.97 Å². The van der Waals surface area contributed by atoms with Crippen molar-refractivity contribution < 1.29 is 14.7 Å². The fraction of sp³-hybridized carbons (Fsp3) is 0.167. The average molecular weight is 277 g/mol. The molecule has 0 aliphatic heterocycles. The van der Waals surface area contributed by atoms with Crippen LogP contribution >= 0.6 is 11.3 Å². The molecule has 0 radical (unpaired) electrons. The maximum atomic E-state index is 11.7. The average Bonchev–Trinajstić information content (AvgIpc) is 2.87. The minimum Gasteiger partial charge on any atom is -0.476 e. The molecule has 0 unspecified atom stereocenters. The highest BCUT2D eigenvalue weighted by Gasteiger charge is 2.14. The van der Waals surface area contributed by atoms with Gasteiger partial charge in [0.25, 0.3) is 5.91 Å². The first-order chi connectivity index (χ1) is 9.06. The highest BCUT2D eigenvalue weighted by atomic mass is 32.1. The van der Waals surface area contributed by atoms with Crippen LogP contribution < -0.4 is 5.32 Å². The predicted molar refractivity (Wildman–Crippen MR) is 69.2 cm³/mol. The van der Waals surface area contributed by atoms with Gasteiger partial charge in [0.2, 0.25) is 0 Å². The molecule has 1 amide bonds. The molecule has 2 rings (SSSR count). The first-order valence-electron chi connectivity index (χ1n) is 5.45. The predicted octanol–water partition coefficient (Wildman–Crippen LogP) is 1.47. The number of carboxylic acids is 1. The van der Waals surface area contributed by atoms with E-state index >= 15 is 0 Å². The number of carbonyl (C=O) groups excluding carboxylic acids is 1. The number of hydrogen-bond donors (Lipinski definition) is 2. The second-order valence-electron chi connectivity index (χ2n) is 3.83. The van der Waals surface area contributed by atoms with E-state index in [1.165, 1.54) is 5.38 Å². The first-order valence-corrected chi connectivity index (χ1v) is 6.33. The molecular weight excluding hydrogens is 266 g/mol. The Morgan fingerprint density at radius 2 is 2.21 bits per heavy atom. The summed E-state index contributed by atoms with van der Waals surface area (Å²) in [4.78, 5) is 30.2. The van der Waals surface area contributed by atoms with Crippen LogP contribution in [0.3, 0.4) is 0 Å². The minimum atomic E-state index is -1.14. The molecule has 0 bridgehead atoms. The van der Waals surface area contributed by atoms with Gasteiger partial charge in [-0.05, 0) is 18.6 Å². The van der Waals surface area contributed by atoms with Gasteiger partial charge in [-0.1, -0.05) is 6.07 Å². The molecular formula is C12H11N3O3S. The van der Waals surface area contributed by atoms with Gasteiger partial charge in [0.15, 0.2) is 10.7 Å². The van der Waals surface area contributed by atoms with Crippen LogP contribution in [0.25, 0.3) is 0 Å². The summed E-state index contributed by atoms with van der Waals surface area (Å²) in [5.41, 5.74) is 1.65. The molecule has 2 N–H and O–H groups in total. The van der Waals surface area contributed by atoms with Crippen molar-refractivity contribution in [1.82, 2.24) is 15.3 Å². The molecule has 98 valence electrons. The highest BCUT2D eigenvalue weighted by Crippen LogP contribution is 2.10. The Balaban J connectivity index is 1.97. The van der Waals surface area contributed by atoms with E-state index in [1.54, 1.807) is 6.20 Å². The van der Waals surface area contributed by atoms with Crippen LogP contribution in [0.4, 0.5) is 0 Å². The number of nitrogens with zero attached hydrogens (tertiary/aromatic N) is 2. The van der Waals surface area contributed by atoms with Crippen molar-refractivity contribution in [3.05, 3.63) is 45.7 Å². The Morgan fingerprint density at radius 3 is 2.79 bits per heavy atom. The molecule has 0 aromatic carbocycles. The number of aromatic carboxylic acids is 1. The van der Waals surface area contributed by atoms with Gasteiger partial charge in [-0.15, -0.1) is 11.3 Å². The Morgan fingerprint density at radius 1 is 1.42 bits per heavy atom. The lowest BCUT2D eigenvalue weighted by Crippen LogP contribution is -2.22. The van der Waals surface area contributed by atoms with E-state index < -0.39 is 11.9 Å². The summed E-state index contributed by atoms with van der Waals surface area (Å²) < 4.78 is 0. The molecule has 0 aliphatic carbocycles. The summed E-state index contributed by atoms with van der Waals surface area (Å²) in [5, 5.41) is 12.9. The zero-order chi connectivity index (χ0) is 13.8. The van der Waals surface area contributed by atoms with Crippen LogP contribution in [0.5, 0.6) is 0 Å². The highest BCUT2D eigenvalue weighted by molar-refractivity contribution is 7.11. The van der Waals surface area contributed by atoms with E-state index in [9.17, 15) is 9.59 Å². The van der Waals surface area contributed by atoms with Crippen LogP contribution in [0.1, 0.15) is 31.5 Å². The number of rotatable bonds is 4. The Labute approximate surface area is 113 Å². The second kappa shape index (κ2) is 5.57. The van der Waals surface area contributed by atoms with Gasteiger partial charge in [-0.25, -0.2) is 9.78 Å². The molecule has 7 heteroatoms. The third-order valence-corrected chi connectivity index (χ3v) is 3.18. The Hall–Kier alpha value is -2.28. The molecule has 0 saturated carbocycles. The normalized spacial score (nSPS) is 10.2. The van der Waals surface area contributed by atoms with Crippen LogP contribution in [0.2, 0.25) is 0 Å². The number of carbonyl (C=O) groups is 2. The van der Waals surface area contributed by atoms with Crippen LogP contribution in [0.15, 0.2) is 23.7 Å². The topological polar surface area (TPSA) is 92.2 Å². The fourth-order valence-corrected chi connectivity index (χ4v) is 2.04. The summed E-state index contributed by atoms with van der Waals surface area (Å²) in [7, 11) is 0. The lowest BCUT2D eigenvalue weighted by atomic mass is 10.2. The summed E-state index contributed by atoms with van der Waals surface area (Å²) in [6.45, 7) is 2.21. The third-order valence-electron chi connectivity index (χ3n) is 2.34. The monoisotopic (exact) mass is 277 g/mol. The van der Waals surface area contributed by atoms with Crippen molar-refractivity contribution >= 4 is 23.2 Å². The van der Waals surface area contributed by atoms with Crippen molar-refractivity contribution in [3.63, 3.8) is 0 Å². The molecule has 2 aromatic rings. The number of nitrogens with one attached hydrogen (secondary N) is 1. The summed E-state index contributed by atoms with van der Waals surface area (Å²) >= 11 is 1.00. The lowest BCUT2D eigenvalue weighted by molar-refractivity contribution is 0.0691. The first kappa shape index (κ1) is 13.2. The summed E-state index contributed by atoms with van der Waals surface area (Å²) in [5.74, 6) is -1.53. The van der Waals surface area contributed by atoms with Crippen molar-refractivity contribution in [3.8, 4) is 0 Å². The Kier molecular flexibility index (Phi) is 3.86. The van der Waals surface area contributed by atoms with Crippen molar-refractivity contribution in [1.29, 1.82) is 0 Å². The van der Waals surface area contributed by atoms with E-state index in [2.05, 4.69) is 15.3 Å². The number of amides is 1. The van der Waals surface area contributed by atoms with Crippen molar-refractivity contribution in [2.45, 2.75) is 13.5 Å². The Bertz CT molecular complexity index is 607. The van der Waals surface area contributed by atoms with Gasteiger partial charge in [0.1, 0.15) is 0 Å². The minimum absolute atomic E-state index is 0.118. The zero-order valence-electron chi connectivity index (χ0n) is 10.1.